The zero-order valence-electron chi connectivity index (χ0n) is 11.4. The molecular weight excluding hydrogens is 320 g/mol. The standard InChI is InChI=1S/C15H19BrN2O2/c16-12-1-2-13-11(9-12)3-6-18(13)14(19)15(10-17)4-7-20-8-5-15/h1-2,9H,3-8,10,17H2. The second kappa shape index (κ2) is 5.47. The third kappa shape index (κ3) is 2.28. The van der Waals surface area contributed by atoms with Crippen molar-refractivity contribution in [3.63, 3.8) is 0 Å². The summed E-state index contributed by atoms with van der Waals surface area (Å²) in [4.78, 5) is 14.9. The van der Waals surface area contributed by atoms with Crippen molar-refractivity contribution in [1.82, 2.24) is 0 Å². The van der Waals surface area contributed by atoms with Gasteiger partial charge in [-0.1, -0.05) is 15.9 Å². The third-order valence-corrected chi connectivity index (χ3v) is 4.97. The van der Waals surface area contributed by atoms with Crippen LogP contribution in [0.1, 0.15) is 18.4 Å². The number of rotatable bonds is 2. The summed E-state index contributed by atoms with van der Waals surface area (Å²) < 4.78 is 6.45. The zero-order valence-corrected chi connectivity index (χ0v) is 13.0. The fourth-order valence-electron chi connectivity index (χ4n) is 3.14. The van der Waals surface area contributed by atoms with Gasteiger partial charge in [0.15, 0.2) is 0 Å². The number of benzene rings is 1. The van der Waals surface area contributed by atoms with E-state index in [1.54, 1.807) is 0 Å². The highest BCUT2D eigenvalue weighted by Gasteiger charge is 2.43. The first-order valence-electron chi connectivity index (χ1n) is 7.04. The lowest BCUT2D eigenvalue weighted by molar-refractivity contribution is -0.132. The number of nitrogens with two attached hydrogens (primary N) is 1. The van der Waals surface area contributed by atoms with Gasteiger partial charge in [-0.2, -0.15) is 0 Å². The number of nitrogens with zero attached hydrogens (tertiary/aromatic N) is 1. The van der Waals surface area contributed by atoms with Crippen LogP contribution in [0.3, 0.4) is 0 Å². The van der Waals surface area contributed by atoms with Gasteiger partial charge in [0.1, 0.15) is 0 Å². The van der Waals surface area contributed by atoms with E-state index in [4.69, 9.17) is 10.5 Å². The molecule has 4 nitrogen and oxygen atoms in total. The van der Waals surface area contributed by atoms with Gasteiger partial charge in [-0.3, -0.25) is 4.79 Å². The van der Waals surface area contributed by atoms with E-state index in [0.717, 1.165) is 36.0 Å². The predicted octanol–water partition coefficient (Wildman–Crippen LogP) is 2.09. The summed E-state index contributed by atoms with van der Waals surface area (Å²) >= 11 is 3.48. The quantitative estimate of drug-likeness (QED) is 0.898. The summed E-state index contributed by atoms with van der Waals surface area (Å²) in [5, 5.41) is 0. The molecule has 1 saturated heterocycles. The van der Waals surface area contributed by atoms with Gasteiger partial charge in [-0.15, -0.1) is 0 Å². The van der Waals surface area contributed by atoms with E-state index < -0.39 is 5.41 Å². The average molecular weight is 339 g/mol. The molecule has 108 valence electrons. The van der Waals surface area contributed by atoms with E-state index in [-0.39, 0.29) is 5.91 Å². The van der Waals surface area contributed by atoms with Gasteiger partial charge in [0, 0.05) is 36.5 Å². The highest BCUT2D eigenvalue weighted by molar-refractivity contribution is 9.10. The molecule has 2 aliphatic rings. The molecule has 0 spiro atoms. The van der Waals surface area contributed by atoms with E-state index in [9.17, 15) is 4.79 Å². The molecule has 0 aromatic heterocycles. The predicted molar refractivity (Wildman–Crippen MR) is 81.7 cm³/mol. The number of hydrogen-bond acceptors (Lipinski definition) is 3. The minimum Gasteiger partial charge on any atom is -0.381 e. The Morgan fingerprint density at radius 2 is 2.15 bits per heavy atom. The number of carbonyl (C=O) groups excluding carboxylic acids is 1. The molecule has 5 heteroatoms. The molecule has 0 aliphatic carbocycles. The molecule has 20 heavy (non-hydrogen) atoms. The molecule has 2 N–H and O–H groups in total. The number of anilines is 1. The minimum absolute atomic E-state index is 0.171. The Balaban J connectivity index is 1.89. The van der Waals surface area contributed by atoms with Crippen LogP contribution in [0.5, 0.6) is 0 Å². The van der Waals surface area contributed by atoms with Crippen LogP contribution in [0, 0.1) is 5.41 Å². The number of hydrogen-bond donors (Lipinski definition) is 1. The van der Waals surface area contributed by atoms with Gasteiger partial charge in [0.25, 0.3) is 0 Å². The maximum atomic E-state index is 13.0. The first kappa shape index (κ1) is 14.0. The number of fused-ring (bicyclic) bond motifs is 1. The largest absolute Gasteiger partial charge is 0.381 e. The van der Waals surface area contributed by atoms with Gasteiger partial charge < -0.3 is 15.4 Å². The number of halogens is 1. The Kier molecular flexibility index (Phi) is 3.84. The molecule has 2 aliphatic heterocycles. The summed E-state index contributed by atoms with van der Waals surface area (Å²) in [6.07, 6.45) is 2.37. The molecular formula is C15H19BrN2O2. The van der Waals surface area contributed by atoms with Crippen molar-refractivity contribution in [2.75, 3.05) is 31.2 Å². The van der Waals surface area contributed by atoms with Crippen LogP contribution in [-0.2, 0) is 16.0 Å². The van der Waals surface area contributed by atoms with Gasteiger partial charge in [0.05, 0.1) is 5.41 Å². The lowest BCUT2D eigenvalue weighted by Gasteiger charge is -2.37. The summed E-state index contributed by atoms with van der Waals surface area (Å²) in [7, 11) is 0. The molecule has 2 heterocycles. The van der Waals surface area contributed by atoms with Crippen LogP contribution in [0.2, 0.25) is 0 Å². The molecule has 0 bridgehead atoms. The first-order chi connectivity index (χ1) is 9.66. The van der Waals surface area contributed by atoms with E-state index in [0.29, 0.717) is 19.8 Å². The summed E-state index contributed by atoms with van der Waals surface area (Å²) in [6, 6.07) is 6.11. The third-order valence-electron chi connectivity index (χ3n) is 4.48. The molecule has 0 atom stereocenters. The zero-order chi connectivity index (χ0) is 14.2. The fourth-order valence-corrected chi connectivity index (χ4v) is 3.54. The fraction of sp³-hybridized carbons (Fsp3) is 0.533. The second-order valence-corrected chi connectivity index (χ2v) is 6.49. The molecule has 1 aromatic rings. The van der Waals surface area contributed by atoms with Crippen LogP contribution in [-0.4, -0.2) is 32.2 Å². The molecule has 3 rings (SSSR count). The molecule has 1 fully saturated rings. The summed E-state index contributed by atoms with van der Waals surface area (Å²) in [5.74, 6) is 0.171. The molecule has 1 aromatic carbocycles. The lowest BCUT2D eigenvalue weighted by atomic mass is 9.79. The average Bonchev–Trinajstić information content (AvgIpc) is 2.90. The topological polar surface area (TPSA) is 55.6 Å². The van der Waals surface area contributed by atoms with E-state index in [1.807, 2.05) is 17.0 Å². The van der Waals surface area contributed by atoms with Gasteiger partial charge in [-0.25, -0.2) is 0 Å². The molecule has 1 amide bonds. The molecule has 0 saturated carbocycles. The molecule has 0 radical (unpaired) electrons. The van der Waals surface area contributed by atoms with E-state index in [2.05, 4.69) is 22.0 Å². The Bertz CT molecular complexity index is 527. The Labute approximate surface area is 127 Å². The van der Waals surface area contributed by atoms with Crippen molar-refractivity contribution < 1.29 is 9.53 Å². The summed E-state index contributed by atoms with van der Waals surface area (Å²) in [5.41, 5.74) is 7.77. The summed E-state index contributed by atoms with van der Waals surface area (Å²) in [6.45, 7) is 2.42. The van der Waals surface area contributed by atoms with Crippen LogP contribution in [0.25, 0.3) is 0 Å². The van der Waals surface area contributed by atoms with Crippen molar-refractivity contribution >= 4 is 27.5 Å². The monoisotopic (exact) mass is 338 g/mol. The van der Waals surface area contributed by atoms with Crippen molar-refractivity contribution in [3.05, 3.63) is 28.2 Å². The number of amides is 1. The van der Waals surface area contributed by atoms with Crippen molar-refractivity contribution in [2.45, 2.75) is 19.3 Å². The van der Waals surface area contributed by atoms with Gasteiger partial charge in [0.2, 0.25) is 5.91 Å². The van der Waals surface area contributed by atoms with Crippen LogP contribution in [0.4, 0.5) is 5.69 Å². The maximum Gasteiger partial charge on any atom is 0.234 e. The smallest absolute Gasteiger partial charge is 0.234 e. The minimum atomic E-state index is -0.438. The van der Waals surface area contributed by atoms with Crippen molar-refractivity contribution in [3.8, 4) is 0 Å². The highest BCUT2D eigenvalue weighted by Crippen LogP contribution is 2.37. The Hall–Kier alpha value is -0.910. The van der Waals surface area contributed by atoms with E-state index in [1.165, 1.54) is 5.56 Å². The SMILES string of the molecule is NCC1(C(=O)N2CCc3cc(Br)ccc32)CCOCC1. The van der Waals surface area contributed by atoms with Crippen LogP contribution < -0.4 is 10.6 Å². The highest BCUT2D eigenvalue weighted by atomic mass is 79.9. The first-order valence-corrected chi connectivity index (χ1v) is 7.84. The van der Waals surface area contributed by atoms with Crippen LogP contribution in [0.15, 0.2) is 22.7 Å². The normalized spacial score (nSPS) is 20.8. The van der Waals surface area contributed by atoms with E-state index >= 15 is 0 Å². The van der Waals surface area contributed by atoms with Gasteiger partial charge >= 0.3 is 0 Å². The van der Waals surface area contributed by atoms with Crippen molar-refractivity contribution in [2.24, 2.45) is 11.1 Å². The van der Waals surface area contributed by atoms with Gasteiger partial charge in [-0.05, 0) is 43.0 Å². The second-order valence-electron chi connectivity index (χ2n) is 5.58. The number of carbonyl (C=O) groups is 1. The Morgan fingerprint density at radius 1 is 1.40 bits per heavy atom. The molecule has 0 unspecified atom stereocenters. The van der Waals surface area contributed by atoms with Crippen molar-refractivity contribution in [1.29, 1.82) is 0 Å². The lowest BCUT2D eigenvalue weighted by Crippen LogP contribution is -2.50. The maximum absolute atomic E-state index is 13.0. The number of ether oxygens (including phenoxy) is 1. The Morgan fingerprint density at radius 3 is 2.85 bits per heavy atom. The van der Waals surface area contributed by atoms with Crippen LogP contribution >= 0.6 is 15.9 Å².